The zero-order chi connectivity index (χ0) is 12.8. The average Bonchev–Trinajstić information content (AvgIpc) is 2.85. The molecule has 0 atom stereocenters. The van der Waals surface area contributed by atoms with Crippen LogP contribution in [0.4, 0.5) is 5.69 Å². The highest BCUT2D eigenvalue weighted by Crippen LogP contribution is 2.05. The highest BCUT2D eigenvalue weighted by atomic mass is 16.5. The predicted molar refractivity (Wildman–Crippen MR) is 65.6 cm³/mol. The molecular weight excluding hydrogens is 232 g/mol. The molecule has 0 aliphatic carbocycles. The van der Waals surface area contributed by atoms with E-state index in [1.54, 1.807) is 12.1 Å². The number of carbonyl (C=O) groups is 1. The van der Waals surface area contributed by atoms with Crippen molar-refractivity contribution in [1.29, 1.82) is 0 Å². The summed E-state index contributed by atoms with van der Waals surface area (Å²) in [6.45, 7) is 0.482. The summed E-state index contributed by atoms with van der Waals surface area (Å²) < 4.78 is 4.82. The Morgan fingerprint density at radius 1 is 1.33 bits per heavy atom. The second kappa shape index (κ2) is 5.81. The Bertz CT molecular complexity index is 493. The number of rotatable bonds is 5. The molecule has 0 radical (unpaired) electrons. The van der Waals surface area contributed by atoms with Gasteiger partial charge in [-0.3, -0.25) is 4.79 Å². The normalized spacial score (nSPS) is 10.2. The van der Waals surface area contributed by atoms with Crippen LogP contribution in [-0.2, 0) is 17.6 Å². The molecule has 0 bridgehead atoms. The lowest BCUT2D eigenvalue weighted by atomic mass is 10.1. The molecular formula is C12H14N4O2. The molecule has 1 amide bonds. The second-order valence-corrected chi connectivity index (χ2v) is 3.85. The molecule has 6 heteroatoms. The third-order valence-electron chi connectivity index (χ3n) is 2.41. The summed E-state index contributed by atoms with van der Waals surface area (Å²) in [5.74, 6) is 0.474. The summed E-state index contributed by atoms with van der Waals surface area (Å²) in [7, 11) is 0. The van der Waals surface area contributed by atoms with Crippen LogP contribution in [0.15, 0.2) is 35.1 Å². The Morgan fingerprint density at radius 2 is 2.11 bits per heavy atom. The Kier molecular flexibility index (Phi) is 3.90. The first-order chi connectivity index (χ1) is 8.74. The third-order valence-corrected chi connectivity index (χ3v) is 2.41. The van der Waals surface area contributed by atoms with E-state index in [1.165, 1.54) is 6.33 Å². The van der Waals surface area contributed by atoms with E-state index in [2.05, 4.69) is 15.5 Å². The molecule has 94 valence electrons. The van der Waals surface area contributed by atoms with Crippen LogP contribution in [0.2, 0.25) is 0 Å². The third kappa shape index (κ3) is 3.58. The number of anilines is 1. The number of aromatic nitrogens is 2. The van der Waals surface area contributed by atoms with Gasteiger partial charge in [-0.2, -0.15) is 4.98 Å². The fourth-order valence-corrected chi connectivity index (χ4v) is 1.50. The van der Waals surface area contributed by atoms with E-state index in [0.717, 1.165) is 5.56 Å². The highest BCUT2D eigenvalue weighted by Gasteiger charge is 2.04. The van der Waals surface area contributed by atoms with Crippen LogP contribution in [-0.4, -0.2) is 22.6 Å². The van der Waals surface area contributed by atoms with Crippen molar-refractivity contribution >= 4 is 11.6 Å². The van der Waals surface area contributed by atoms with Gasteiger partial charge in [0.1, 0.15) is 0 Å². The molecule has 1 aromatic heterocycles. The Hall–Kier alpha value is -2.37. The maximum Gasteiger partial charge on any atom is 0.228 e. The maximum atomic E-state index is 11.6. The summed E-state index contributed by atoms with van der Waals surface area (Å²) in [6.07, 6.45) is 2.21. The lowest BCUT2D eigenvalue weighted by Gasteiger charge is -2.04. The van der Waals surface area contributed by atoms with Gasteiger partial charge in [0, 0.05) is 18.7 Å². The molecule has 0 fully saturated rings. The van der Waals surface area contributed by atoms with Crippen LogP contribution in [0.1, 0.15) is 11.5 Å². The van der Waals surface area contributed by atoms with Crippen LogP contribution in [0, 0.1) is 0 Å². The van der Waals surface area contributed by atoms with Crippen LogP contribution in [0.5, 0.6) is 0 Å². The van der Waals surface area contributed by atoms with Crippen LogP contribution in [0.25, 0.3) is 0 Å². The SMILES string of the molecule is Nc1ccc(CC(=O)NCCc2ncno2)cc1. The molecule has 0 unspecified atom stereocenters. The van der Waals surface area contributed by atoms with Gasteiger partial charge in [0.05, 0.1) is 6.42 Å². The number of hydrogen-bond donors (Lipinski definition) is 2. The van der Waals surface area contributed by atoms with Gasteiger partial charge in [-0.05, 0) is 17.7 Å². The fraction of sp³-hybridized carbons (Fsp3) is 0.250. The number of amides is 1. The van der Waals surface area contributed by atoms with Crippen molar-refractivity contribution < 1.29 is 9.32 Å². The molecule has 18 heavy (non-hydrogen) atoms. The lowest BCUT2D eigenvalue weighted by molar-refractivity contribution is -0.120. The zero-order valence-electron chi connectivity index (χ0n) is 9.80. The molecule has 0 saturated carbocycles. The summed E-state index contributed by atoms with van der Waals surface area (Å²) in [4.78, 5) is 15.5. The van der Waals surface area contributed by atoms with E-state index in [0.29, 0.717) is 31.0 Å². The largest absolute Gasteiger partial charge is 0.399 e. The minimum Gasteiger partial charge on any atom is -0.399 e. The van der Waals surface area contributed by atoms with Crippen molar-refractivity contribution in [1.82, 2.24) is 15.5 Å². The average molecular weight is 246 g/mol. The van der Waals surface area contributed by atoms with Gasteiger partial charge in [0.25, 0.3) is 0 Å². The van der Waals surface area contributed by atoms with Crippen molar-refractivity contribution in [2.75, 3.05) is 12.3 Å². The van der Waals surface area contributed by atoms with Crippen molar-refractivity contribution in [3.63, 3.8) is 0 Å². The van der Waals surface area contributed by atoms with Gasteiger partial charge >= 0.3 is 0 Å². The maximum absolute atomic E-state index is 11.6. The first-order valence-corrected chi connectivity index (χ1v) is 5.61. The molecule has 1 aromatic carbocycles. The van der Waals surface area contributed by atoms with E-state index in [4.69, 9.17) is 10.3 Å². The summed E-state index contributed by atoms with van der Waals surface area (Å²) in [5, 5.41) is 6.27. The Labute approximate surface area is 104 Å². The molecule has 2 rings (SSSR count). The quantitative estimate of drug-likeness (QED) is 0.751. The summed E-state index contributed by atoms with van der Waals surface area (Å²) >= 11 is 0. The van der Waals surface area contributed by atoms with Gasteiger partial charge in [-0.15, -0.1) is 0 Å². The van der Waals surface area contributed by atoms with E-state index >= 15 is 0 Å². The van der Waals surface area contributed by atoms with Crippen molar-refractivity contribution in [3.8, 4) is 0 Å². The molecule has 1 heterocycles. The first-order valence-electron chi connectivity index (χ1n) is 5.61. The molecule has 3 N–H and O–H groups in total. The van der Waals surface area contributed by atoms with Gasteiger partial charge < -0.3 is 15.6 Å². The fourth-order valence-electron chi connectivity index (χ4n) is 1.50. The van der Waals surface area contributed by atoms with E-state index in [-0.39, 0.29) is 5.91 Å². The minimum absolute atomic E-state index is 0.0423. The highest BCUT2D eigenvalue weighted by molar-refractivity contribution is 5.78. The number of nitrogens with one attached hydrogen (secondary N) is 1. The number of nitrogen functional groups attached to an aromatic ring is 1. The summed E-state index contributed by atoms with van der Waals surface area (Å²) in [5.41, 5.74) is 7.19. The molecule has 2 aromatic rings. The number of carbonyl (C=O) groups excluding carboxylic acids is 1. The smallest absolute Gasteiger partial charge is 0.228 e. The predicted octanol–water partition coefficient (Wildman–Crippen LogP) is 0.553. The summed E-state index contributed by atoms with van der Waals surface area (Å²) in [6, 6.07) is 7.24. The van der Waals surface area contributed by atoms with Crippen LogP contribution < -0.4 is 11.1 Å². The Morgan fingerprint density at radius 3 is 2.78 bits per heavy atom. The molecule has 0 spiro atoms. The number of nitrogens with zero attached hydrogens (tertiary/aromatic N) is 2. The van der Waals surface area contributed by atoms with Crippen molar-refractivity contribution in [3.05, 3.63) is 42.0 Å². The molecule has 0 saturated heterocycles. The molecule has 0 aliphatic rings. The van der Waals surface area contributed by atoms with Gasteiger partial charge in [-0.1, -0.05) is 17.3 Å². The van der Waals surface area contributed by atoms with Crippen LogP contribution in [0.3, 0.4) is 0 Å². The van der Waals surface area contributed by atoms with Gasteiger partial charge in [-0.25, -0.2) is 0 Å². The first kappa shape index (κ1) is 12.1. The van der Waals surface area contributed by atoms with E-state index in [9.17, 15) is 4.79 Å². The number of benzene rings is 1. The minimum atomic E-state index is -0.0423. The zero-order valence-corrected chi connectivity index (χ0v) is 9.80. The monoisotopic (exact) mass is 246 g/mol. The Balaban J connectivity index is 1.73. The standard InChI is InChI=1S/C12H14N4O2/c13-10-3-1-9(2-4-10)7-11(17)14-6-5-12-15-8-16-18-12/h1-4,8H,5-7,13H2,(H,14,17). The van der Waals surface area contributed by atoms with E-state index in [1.807, 2.05) is 12.1 Å². The van der Waals surface area contributed by atoms with Gasteiger partial charge in [0.2, 0.25) is 11.8 Å². The number of nitrogens with two attached hydrogens (primary N) is 1. The van der Waals surface area contributed by atoms with Crippen LogP contribution >= 0.6 is 0 Å². The van der Waals surface area contributed by atoms with Gasteiger partial charge in [0.15, 0.2) is 6.33 Å². The molecule has 0 aliphatic heterocycles. The molecule has 6 nitrogen and oxygen atoms in total. The second-order valence-electron chi connectivity index (χ2n) is 3.85. The topological polar surface area (TPSA) is 94.0 Å². The van der Waals surface area contributed by atoms with Crippen molar-refractivity contribution in [2.24, 2.45) is 0 Å². The van der Waals surface area contributed by atoms with Crippen molar-refractivity contribution in [2.45, 2.75) is 12.8 Å². The lowest BCUT2D eigenvalue weighted by Crippen LogP contribution is -2.27. The van der Waals surface area contributed by atoms with E-state index < -0.39 is 0 Å². The number of hydrogen-bond acceptors (Lipinski definition) is 5.